The van der Waals surface area contributed by atoms with Crippen molar-refractivity contribution in [2.45, 2.75) is 18.5 Å². The molecule has 5 heteroatoms. The Morgan fingerprint density at radius 3 is 2.91 bits per heavy atom. The smallest absolute Gasteiger partial charge is 0.234 e. The van der Waals surface area contributed by atoms with Gasteiger partial charge in [-0.1, -0.05) is 0 Å². The minimum Gasteiger partial charge on any atom is -0.368 e. The second-order valence-corrected chi connectivity index (χ2v) is 2.78. The standard InChI is InChI=1S/C6H14N4O/c7-5(6(8)11)1-4-2-9-3-10-4/h4-5,9-10H,1-3,7H2,(H2,8,11). The lowest BCUT2D eigenvalue weighted by atomic mass is 10.1. The number of amides is 1. The van der Waals surface area contributed by atoms with Crippen molar-refractivity contribution in [1.82, 2.24) is 10.6 Å². The van der Waals surface area contributed by atoms with Crippen molar-refractivity contribution < 1.29 is 4.79 Å². The predicted molar refractivity (Wildman–Crippen MR) is 41.6 cm³/mol. The normalized spacial score (nSPS) is 26.8. The summed E-state index contributed by atoms with van der Waals surface area (Å²) in [6, 6.07) is -0.232. The van der Waals surface area contributed by atoms with Gasteiger partial charge >= 0.3 is 0 Å². The molecule has 0 spiro atoms. The van der Waals surface area contributed by atoms with Gasteiger partial charge in [0.2, 0.25) is 5.91 Å². The molecule has 1 rings (SSSR count). The number of hydrogen-bond acceptors (Lipinski definition) is 4. The number of nitrogens with two attached hydrogens (primary N) is 2. The summed E-state index contributed by atoms with van der Waals surface area (Å²) >= 11 is 0. The second kappa shape index (κ2) is 3.66. The fourth-order valence-electron chi connectivity index (χ4n) is 1.12. The highest BCUT2D eigenvalue weighted by atomic mass is 16.1. The summed E-state index contributed by atoms with van der Waals surface area (Å²) in [4.78, 5) is 10.5. The number of nitrogens with one attached hydrogen (secondary N) is 2. The van der Waals surface area contributed by atoms with E-state index >= 15 is 0 Å². The van der Waals surface area contributed by atoms with Crippen molar-refractivity contribution in [2.75, 3.05) is 13.2 Å². The highest BCUT2D eigenvalue weighted by Gasteiger charge is 2.19. The first-order valence-electron chi connectivity index (χ1n) is 3.69. The molecule has 1 fully saturated rings. The van der Waals surface area contributed by atoms with E-state index in [1.165, 1.54) is 0 Å². The van der Waals surface area contributed by atoms with Crippen LogP contribution < -0.4 is 22.1 Å². The molecule has 1 amide bonds. The molecular weight excluding hydrogens is 144 g/mol. The lowest BCUT2D eigenvalue weighted by Crippen LogP contribution is -2.42. The molecular formula is C6H14N4O. The first kappa shape index (κ1) is 8.45. The largest absolute Gasteiger partial charge is 0.368 e. The summed E-state index contributed by atoms with van der Waals surface area (Å²) in [7, 11) is 0. The molecule has 1 saturated heterocycles. The van der Waals surface area contributed by atoms with E-state index in [0.717, 1.165) is 13.2 Å². The molecule has 0 aromatic rings. The van der Waals surface area contributed by atoms with Crippen molar-refractivity contribution in [1.29, 1.82) is 0 Å². The molecule has 5 nitrogen and oxygen atoms in total. The minimum atomic E-state index is -0.521. The van der Waals surface area contributed by atoms with Crippen LogP contribution in [-0.4, -0.2) is 31.2 Å². The van der Waals surface area contributed by atoms with Gasteiger partial charge in [0.15, 0.2) is 0 Å². The molecule has 1 heterocycles. The van der Waals surface area contributed by atoms with E-state index in [4.69, 9.17) is 11.5 Å². The van der Waals surface area contributed by atoms with E-state index in [1.807, 2.05) is 0 Å². The van der Waals surface area contributed by atoms with Gasteiger partial charge in [0.1, 0.15) is 0 Å². The van der Waals surface area contributed by atoms with Crippen LogP contribution in [0.25, 0.3) is 0 Å². The minimum absolute atomic E-state index is 0.289. The quantitative estimate of drug-likeness (QED) is 0.372. The Morgan fingerprint density at radius 1 is 1.73 bits per heavy atom. The fourth-order valence-corrected chi connectivity index (χ4v) is 1.12. The maximum absolute atomic E-state index is 10.5. The van der Waals surface area contributed by atoms with Crippen molar-refractivity contribution >= 4 is 5.91 Å². The summed E-state index contributed by atoms with van der Waals surface area (Å²) in [6.07, 6.45) is 0.613. The number of carbonyl (C=O) groups excluding carboxylic acids is 1. The van der Waals surface area contributed by atoms with Gasteiger partial charge in [-0.2, -0.15) is 0 Å². The SMILES string of the molecule is NC(=O)C(N)CC1CNCN1. The van der Waals surface area contributed by atoms with E-state index in [9.17, 15) is 4.79 Å². The molecule has 6 N–H and O–H groups in total. The van der Waals surface area contributed by atoms with Crippen LogP contribution in [0.3, 0.4) is 0 Å². The first-order valence-corrected chi connectivity index (χ1v) is 3.69. The Hall–Kier alpha value is -0.650. The maximum atomic E-state index is 10.5. The molecule has 0 saturated carbocycles. The van der Waals surface area contributed by atoms with Crippen molar-refractivity contribution in [3.8, 4) is 0 Å². The van der Waals surface area contributed by atoms with E-state index in [0.29, 0.717) is 6.42 Å². The van der Waals surface area contributed by atoms with E-state index in [1.54, 1.807) is 0 Å². The molecule has 0 aromatic heterocycles. The molecule has 0 aliphatic carbocycles. The summed E-state index contributed by atoms with van der Waals surface area (Å²) in [5.41, 5.74) is 10.5. The van der Waals surface area contributed by atoms with Crippen LogP contribution >= 0.6 is 0 Å². The summed E-state index contributed by atoms with van der Waals surface area (Å²) < 4.78 is 0. The van der Waals surface area contributed by atoms with Crippen LogP contribution in [0.4, 0.5) is 0 Å². The van der Waals surface area contributed by atoms with Crippen molar-refractivity contribution in [3.63, 3.8) is 0 Å². The summed E-state index contributed by atoms with van der Waals surface area (Å²) in [6.45, 7) is 1.65. The molecule has 0 aromatic carbocycles. The molecule has 64 valence electrons. The molecule has 1 aliphatic rings. The van der Waals surface area contributed by atoms with Crippen molar-refractivity contribution in [3.05, 3.63) is 0 Å². The van der Waals surface area contributed by atoms with E-state index in [-0.39, 0.29) is 6.04 Å². The Labute approximate surface area is 65.5 Å². The Kier molecular flexibility index (Phi) is 2.81. The Morgan fingerprint density at radius 2 is 2.45 bits per heavy atom. The van der Waals surface area contributed by atoms with Crippen LogP contribution in [0.1, 0.15) is 6.42 Å². The zero-order valence-electron chi connectivity index (χ0n) is 6.34. The van der Waals surface area contributed by atoms with Gasteiger partial charge in [-0.3, -0.25) is 4.79 Å². The number of hydrogen-bond donors (Lipinski definition) is 4. The Bertz CT molecular complexity index is 144. The lowest BCUT2D eigenvalue weighted by Gasteiger charge is -2.12. The third-order valence-electron chi connectivity index (χ3n) is 1.81. The van der Waals surface area contributed by atoms with Gasteiger partial charge in [0, 0.05) is 19.3 Å². The van der Waals surface area contributed by atoms with Gasteiger partial charge in [0.05, 0.1) is 6.04 Å². The van der Waals surface area contributed by atoms with Crippen LogP contribution in [0.2, 0.25) is 0 Å². The van der Waals surface area contributed by atoms with Gasteiger partial charge in [0.25, 0.3) is 0 Å². The lowest BCUT2D eigenvalue weighted by molar-refractivity contribution is -0.119. The Balaban J connectivity index is 2.23. The van der Waals surface area contributed by atoms with Gasteiger partial charge in [-0.05, 0) is 6.42 Å². The average Bonchev–Trinajstić information content (AvgIpc) is 2.39. The average molecular weight is 158 g/mol. The molecule has 2 unspecified atom stereocenters. The van der Waals surface area contributed by atoms with Crippen LogP contribution in [0, 0.1) is 0 Å². The molecule has 2 atom stereocenters. The summed E-state index contributed by atoms with van der Waals surface area (Å²) in [5, 5.41) is 6.24. The zero-order valence-corrected chi connectivity index (χ0v) is 6.34. The molecule has 0 bridgehead atoms. The molecule has 11 heavy (non-hydrogen) atoms. The van der Waals surface area contributed by atoms with E-state index in [2.05, 4.69) is 10.6 Å². The second-order valence-electron chi connectivity index (χ2n) is 2.78. The highest BCUT2D eigenvalue weighted by molar-refractivity contribution is 5.79. The number of primary amides is 1. The highest BCUT2D eigenvalue weighted by Crippen LogP contribution is 1.97. The third kappa shape index (κ3) is 2.45. The molecule has 1 aliphatic heterocycles. The van der Waals surface area contributed by atoms with Crippen LogP contribution in [0.15, 0.2) is 0 Å². The predicted octanol–water partition coefficient (Wildman–Crippen LogP) is -2.29. The zero-order chi connectivity index (χ0) is 8.27. The number of rotatable bonds is 3. The third-order valence-corrected chi connectivity index (χ3v) is 1.81. The van der Waals surface area contributed by atoms with Gasteiger partial charge < -0.3 is 22.1 Å². The fraction of sp³-hybridized carbons (Fsp3) is 0.833. The van der Waals surface area contributed by atoms with E-state index < -0.39 is 11.9 Å². The van der Waals surface area contributed by atoms with Crippen LogP contribution in [0.5, 0.6) is 0 Å². The monoisotopic (exact) mass is 158 g/mol. The van der Waals surface area contributed by atoms with Gasteiger partial charge in [-0.25, -0.2) is 0 Å². The van der Waals surface area contributed by atoms with Crippen molar-refractivity contribution in [2.24, 2.45) is 11.5 Å². The topological polar surface area (TPSA) is 93.2 Å². The maximum Gasteiger partial charge on any atom is 0.234 e. The number of carbonyl (C=O) groups is 1. The molecule has 0 radical (unpaired) electrons. The summed E-state index contributed by atoms with van der Waals surface area (Å²) in [5.74, 6) is -0.432. The van der Waals surface area contributed by atoms with Gasteiger partial charge in [-0.15, -0.1) is 0 Å². The van der Waals surface area contributed by atoms with Crippen LogP contribution in [-0.2, 0) is 4.79 Å². The first-order chi connectivity index (χ1) is 5.20.